The molecule has 0 nitrogen and oxygen atoms in total. The molecule has 0 spiro atoms. The third-order valence-corrected chi connectivity index (χ3v) is 4.06. The molecule has 2 heteroatoms. The normalized spacial score (nSPS) is 10.4. The van der Waals surface area contributed by atoms with E-state index in [1.54, 1.807) is 6.26 Å². The smallest absolute Gasteiger partial charge is 0.0358 e. The van der Waals surface area contributed by atoms with Crippen molar-refractivity contribution < 1.29 is 0 Å². The van der Waals surface area contributed by atoms with E-state index in [1.165, 1.54) is 31.3 Å². The molecule has 0 saturated carbocycles. The first-order valence-electron chi connectivity index (χ1n) is 5.59. The molecular weight excluding hydrogens is 244 g/mol. The van der Waals surface area contributed by atoms with Crippen molar-refractivity contribution >= 4 is 44.1 Å². The topological polar surface area (TPSA) is 0 Å². The lowest BCUT2D eigenvalue weighted by molar-refractivity contribution is 1.52. The van der Waals surface area contributed by atoms with Gasteiger partial charge in [-0.05, 0) is 43.4 Å². The molecule has 88 valence electrons. The second-order valence-electron chi connectivity index (χ2n) is 4.00. The van der Waals surface area contributed by atoms with Crippen molar-refractivity contribution in [3.8, 4) is 0 Å². The molecule has 3 aromatic rings. The molecule has 2 aromatic carbocycles. The Balaban J connectivity index is 0.000000514. The second-order valence-corrected chi connectivity index (χ2v) is 5.08. The summed E-state index contributed by atoms with van der Waals surface area (Å²) in [4.78, 5) is 0. The van der Waals surface area contributed by atoms with E-state index in [0.717, 1.165) is 0 Å². The van der Waals surface area contributed by atoms with E-state index in [-0.39, 0.29) is 0 Å². The lowest BCUT2D eigenvalue weighted by Gasteiger charge is -1.99. The minimum Gasteiger partial charge on any atom is -0.183 e. The number of thiophene rings is 1. The maximum atomic E-state index is 3.53. The Kier molecular flexibility index (Phi) is 3.75. The van der Waals surface area contributed by atoms with Crippen LogP contribution >= 0.6 is 24.0 Å². The Labute approximate surface area is 112 Å². The number of benzene rings is 2. The monoisotopic (exact) mass is 260 g/mol. The van der Waals surface area contributed by atoms with Gasteiger partial charge in [-0.25, -0.2) is 0 Å². The summed E-state index contributed by atoms with van der Waals surface area (Å²) < 4.78 is 2.80. The highest BCUT2D eigenvalue weighted by molar-refractivity contribution is 7.79. The third-order valence-electron chi connectivity index (χ3n) is 2.94. The van der Waals surface area contributed by atoms with Gasteiger partial charge < -0.3 is 0 Å². The van der Waals surface area contributed by atoms with Gasteiger partial charge in [0.05, 0.1) is 0 Å². The van der Waals surface area contributed by atoms with Gasteiger partial charge in [0.1, 0.15) is 0 Å². The van der Waals surface area contributed by atoms with E-state index in [1.807, 2.05) is 11.3 Å². The molecule has 0 bridgehead atoms. The van der Waals surface area contributed by atoms with E-state index in [2.05, 4.69) is 62.9 Å². The van der Waals surface area contributed by atoms with E-state index >= 15 is 0 Å². The van der Waals surface area contributed by atoms with Crippen LogP contribution in [0.2, 0.25) is 0 Å². The zero-order valence-electron chi connectivity index (χ0n) is 10.3. The quantitative estimate of drug-likeness (QED) is 0.526. The van der Waals surface area contributed by atoms with Crippen LogP contribution in [0.5, 0.6) is 0 Å². The Morgan fingerprint density at radius 3 is 1.59 bits per heavy atom. The van der Waals surface area contributed by atoms with Crippen LogP contribution in [0, 0.1) is 13.8 Å². The van der Waals surface area contributed by atoms with Crippen LogP contribution in [0.4, 0.5) is 0 Å². The van der Waals surface area contributed by atoms with Gasteiger partial charge in [0.25, 0.3) is 0 Å². The molecule has 0 radical (unpaired) electrons. The van der Waals surface area contributed by atoms with Crippen LogP contribution in [-0.4, -0.2) is 6.26 Å². The SMILES string of the molecule is CS.Cc1cccc2sc3cccc(C)c3c12. The molecule has 0 aliphatic rings. The predicted molar refractivity (Wildman–Crippen MR) is 83.7 cm³/mol. The van der Waals surface area contributed by atoms with Gasteiger partial charge >= 0.3 is 0 Å². The molecule has 17 heavy (non-hydrogen) atoms. The molecule has 0 aliphatic carbocycles. The highest BCUT2D eigenvalue weighted by atomic mass is 32.1. The van der Waals surface area contributed by atoms with Crippen molar-refractivity contribution in [1.29, 1.82) is 0 Å². The predicted octanol–water partition coefficient (Wildman–Crippen LogP) is 5.22. The molecule has 0 fully saturated rings. The Morgan fingerprint density at radius 2 is 1.18 bits per heavy atom. The fourth-order valence-electron chi connectivity index (χ4n) is 2.21. The van der Waals surface area contributed by atoms with Crippen LogP contribution < -0.4 is 0 Å². The first-order chi connectivity index (χ1) is 8.27. The molecule has 0 atom stereocenters. The maximum absolute atomic E-state index is 3.53. The van der Waals surface area contributed by atoms with Crippen LogP contribution in [0.1, 0.15) is 11.1 Å². The summed E-state index contributed by atoms with van der Waals surface area (Å²) in [6.07, 6.45) is 1.69. The summed E-state index contributed by atoms with van der Waals surface area (Å²) in [5.74, 6) is 0. The molecule has 0 aliphatic heterocycles. The number of hydrogen-bond acceptors (Lipinski definition) is 2. The first-order valence-corrected chi connectivity index (χ1v) is 7.30. The number of thiol groups is 1. The molecule has 1 aromatic heterocycles. The molecule has 0 N–H and O–H groups in total. The number of hydrogen-bond donors (Lipinski definition) is 1. The molecule has 0 unspecified atom stereocenters. The Bertz CT molecular complexity index is 594. The van der Waals surface area contributed by atoms with Gasteiger partial charge in [0, 0.05) is 20.2 Å². The zero-order chi connectivity index (χ0) is 12.4. The van der Waals surface area contributed by atoms with Crippen molar-refractivity contribution in [2.45, 2.75) is 13.8 Å². The summed E-state index contributed by atoms with van der Waals surface area (Å²) in [5, 5.41) is 2.88. The highest BCUT2D eigenvalue weighted by Gasteiger charge is 2.07. The molecule has 0 saturated heterocycles. The third kappa shape index (κ3) is 2.07. The van der Waals surface area contributed by atoms with Crippen LogP contribution in [0.3, 0.4) is 0 Å². The lowest BCUT2D eigenvalue weighted by Crippen LogP contribution is -1.76. The van der Waals surface area contributed by atoms with Crippen molar-refractivity contribution in [2.75, 3.05) is 6.26 Å². The standard InChI is InChI=1S/C14H12S.CH4S/c1-9-5-3-7-11-13(9)14-10(2)6-4-8-12(14)15-11;1-2/h3-8H,1-2H3;2H,1H3. The lowest BCUT2D eigenvalue weighted by atomic mass is 10.0. The molecule has 1 heterocycles. The van der Waals surface area contributed by atoms with Crippen LogP contribution in [0.15, 0.2) is 36.4 Å². The average molecular weight is 260 g/mol. The second kappa shape index (κ2) is 5.11. The molecule has 0 amide bonds. The minimum atomic E-state index is 1.38. The Morgan fingerprint density at radius 1 is 0.765 bits per heavy atom. The van der Waals surface area contributed by atoms with Crippen molar-refractivity contribution in [3.05, 3.63) is 47.5 Å². The number of fused-ring (bicyclic) bond motifs is 3. The number of aryl methyl sites for hydroxylation is 2. The van der Waals surface area contributed by atoms with Crippen molar-refractivity contribution in [3.63, 3.8) is 0 Å². The Hall–Kier alpha value is -0.990. The van der Waals surface area contributed by atoms with Gasteiger partial charge in [0.2, 0.25) is 0 Å². The van der Waals surface area contributed by atoms with Crippen molar-refractivity contribution in [2.24, 2.45) is 0 Å². The first kappa shape index (κ1) is 12.5. The van der Waals surface area contributed by atoms with Gasteiger partial charge in [-0.3, -0.25) is 0 Å². The number of rotatable bonds is 0. The minimum absolute atomic E-state index is 1.38. The van der Waals surface area contributed by atoms with E-state index < -0.39 is 0 Å². The van der Waals surface area contributed by atoms with Gasteiger partial charge in [-0.1, -0.05) is 24.3 Å². The fourth-order valence-corrected chi connectivity index (χ4v) is 3.47. The summed E-state index contributed by atoms with van der Waals surface area (Å²) in [5.41, 5.74) is 2.76. The summed E-state index contributed by atoms with van der Waals surface area (Å²) in [6, 6.07) is 13.1. The highest BCUT2D eigenvalue weighted by Crippen LogP contribution is 2.37. The van der Waals surface area contributed by atoms with E-state index in [0.29, 0.717) is 0 Å². The summed E-state index contributed by atoms with van der Waals surface area (Å²) in [7, 11) is 0. The largest absolute Gasteiger partial charge is 0.183 e. The van der Waals surface area contributed by atoms with Gasteiger partial charge in [-0.2, -0.15) is 12.6 Å². The van der Waals surface area contributed by atoms with Gasteiger partial charge in [0.15, 0.2) is 0 Å². The van der Waals surface area contributed by atoms with Crippen molar-refractivity contribution in [1.82, 2.24) is 0 Å². The van der Waals surface area contributed by atoms with Crippen LogP contribution in [-0.2, 0) is 0 Å². The van der Waals surface area contributed by atoms with E-state index in [4.69, 9.17) is 0 Å². The average Bonchev–Trinajstić information content (AvgIpc) is 2.73. The maximum Gasteiger partial charge on any atom is 0.0358 e. The van der Waals surface area contributed by atoms with Crippen LogP contribution in [0.25, 0.3) is 20.2 Å². The fraction of sp³-hybridized carbons (Fsp3) is 0.200. The summed E-state index contributed by atoms with van der Waals surface area (Å²) in [6.45, 7) is 4.39. The van der Waals surface area contributed by atoms with E-state index in [9.17, 15) is 0 Å². The zero-order valence-corrected chi connectivity index (χ0v) is 12.0. The summed E-state index contributed by atoms with van der Waals surface area (Å²) >= 11 is 5.42. The van der Waals surface area contributed by atoms with Gasteiger partial charge in [-0.15, -0.1) is 11.3 Å². The molecular formula is C15H16S2. The molecule has 3 rings (SSSR count).